The largest absolute Gasteiger partial charge is 0.389 e. The maximum Gasteiger partial charge on any atom is 0.0900 e. The zero-order valence-corrected chi connectivity index (χ0v) is 10.2. The molecule has 1 rings (SSSR count). The van der Waals surface area contributed by atoms with Crippen molar-refractivity contribution in [2.75, 3.05) is 46.6 Å². The lowest BCUT2D eigenvalue weighted by Gasteiger charge is -2.21. The van der Waals surface area contributed by atoms with Crippen LogP contribution in [0.4, 0.5) is 0 Å². The van der Waals surface area contributed by atoms with E-state index in [1.165, 1.54) is 0 Å². The molecule has 0 amide bonds. The Morgan fingerprint density at radius 2 is 2.19 bits per heavy atom. The number of β-amino-alcohol motifs (C(OH)–C–C–N with tert-alkyl or cyclic N) is 2. The van der Waals surface area contributed by atoms with Crippen LogP contribution in [-0.4, -0.2) is 73.4 Å². The van der Waals surface area contributed by atoms with Gasteiger partial charge in [0.1, 0.15) is 0 Å². The van der Waals surface area contributed by atoms with Crippen molar-refractivity contribution < 1.29 is 19.7 Å². The van der Waals surface area contributed by atoms with E-state index in [2.05, 4.69) is 4.90 Å². The van der Waals surface area contributed by atoms with Crippen molar-refractivity contribution in [2.24, 2.45) is 0 Å². The van der Waals surface area contributed by atoms with Crippen molar-refractivity contribution in [3.63, 3.8) is 0 Å². The van der Waals surface area contributed by atoms with Crippen LogP contribution < -0.4 is 0 Å². The van der Waals surface area contributed by atoms with E-state index in [0.29, 0.717) is 32.9 Å². The van der Waals surface area contributed by atoms with Gasteiger partial charge < -0.3 is 19.7 Å². The number of hydrogen-bond acceptors (Lipinski definition) is 5. The summed E-state index contributed by atoms with van der Waals surface area (Å²) in [4.78, 5) is 2.06. The van der Waals surface area contributed by atoms with E-state index in [1.807, 2.05) is 6.92 Å². The standard InChI is InChI=1S/C11H23NO4/c1-11(14)3-4-12(9-11)7-10(13)8-16-6-5-15-2/h10,13-14H,3-9H2,1-2H3. The van der Waals surface area contributed by atoms with Gasteiger partial charge in [-0.25, -0.2) is 0 Å². The first-order chi connectivity index (χ1) is 7.53. The second kappa shape index (κ2) is 6.51. The lowest BCUT2D eigenvalue weighted by Crippen LogP contribution is -2.36. The average Bonchev–Trinajstić information content (AvgIpc) is 2.53. The van der Waals surface area contributed by atoms with Gasteiger partial charge in [0.2, 0.25) is 0 Å². The Balaban J connectivity index is 2.08. The van der Waals surface area contributed by atoms with Crippen LogP contribution in [0.25, 0.3) is 0 Å². The summed E-state index contributed by atoms with van der Waals surface area (Å²) in [6.45, 7) is 5.22. The Kier molecular flexibility index (Phi) is 5.64. The molecule has 1 saturated heterocycles. The molecule has 2 atom stereocenters. The molecule has 2 unspecified atom stereocenters. The van der Waals surface area contributed by atoms with E-state index < -0.39 is 11.7 Å². The van der Waals surface area contributed by atoms with Gasteiger partial charge in [0.05, 0.1) is 31.5 Å². The van der Waals surface area contributed by atoms with Gasteiger partial charge in [-0.15, -0.1) is 0 Å². The van der Waals surface area contributed by atoms with Gasteiger partial charge in [0.15, 0.2) is 0 Å². The highest BCUT2D eigenvalue weighted by molar-refractivity contribution is 4.86. The zero-order valence-electron chi connectivity index (χ0n) is 10.2. The van der Waals surface area contributed by atoms with Gasteiger partial charge in [-0.05, 0) is 13.3 Å². The Morgan fingerprint density at radius 3 is 2.75 bits per heavy atom. The number of aliphatic hydroxyl groups excluding tert-OH is 1. The molecule has 0 aromatic carbocycles. The van der Waals surface area contributed by atoms with Crippen LogP contribution in [0.5, 0.6) is 0 Å². The van der Waals surface area contributed by atoms with Crippen LogP contribution in [0.3, 0.4) is 0 Å². The number of likely N-dealkylation sites (tertiary alicyclic amines) is 1. The summed E-state index contributed by atoms with van der Waals surface area (Å²) in [5.41, 5.74) is -0.601. The summed E-state index contributed by atoms with van der Waals surface area (Å²) in [7, 11) is 1.62. The van der Waals surface area contributed by atoms with Gasteiger partial charge in [-0.3, -0.25) is 4.90 Å². The minimum absolute atomic E-state index is 0.321. The number of ether oxygens (including phenoxy) is 2. The number of methoxy groups -OCH3 is 1. The summed E-state index contributed by atoms with van der Waals surface area (Å²) in [6, 6.07) is 0. The molecule has 0 saturated carbocycles. The molecule has 0 aromatic rings. The summed E-state index contributed by atoms with van der Waals surface area (Å²) >= 11 is 0. The fraction of sp³-hybridized carbons (Fsp3) is 1.00. The first kappa shape index (κ1) is 13.9. The summed E-state index contributed by atoms with van der Waals surface area (Å²) in [5, 5.41) is 19.4. The van der Waals surface area contributed by atoms with Crippen molar-refractivity contribution in [1.29, 1.82) is 0 Å². The monoisotopic (exact) mass is 233 g/mol. The summed E-state index contributed by atoms with van der Waals surface area (Å²) in [5.74, 6) is 0. The average molecular weight is 233 g/mol. The van der Waals surface area contributed by atoms with E-state index in [0.717, 1.165) is 13.0 Å². The minimum atomic E-state index is -0.601. The molecule has 0 bridgehead atoms. The van der Waals surface area contributed by atoms with Crippen molar-refractivity contribution in [2.45, 2.75) is 25.0 Å². The molecule has 1 aliphatic heterocycles. The second-order valence-corrected chi connectivity index (χ2v) is 4.70. The molecule has 96 valence electrons. The van der Waals surface area contributed by atoms with Crippen molar-refractivity contribution in [3.05, 3.63) is 0 Å². The molecule has 5 heteroatoms. The topological polar surface area (TPSA) is 62.2 Å². The van der Waals surface area contributed by atoms with Crippen LogP contribution in [-0.2, 0) is 9.47 Å². The van der Waals surface area contributed by atoms with Crippen LogP contribution in [0, 0.1) is 0 Å². The minimum Gasteiger partial charge on any atom is -0.389 e. The molecule has 0 radical (unpaired) electrons. The summed E-state index contributed by atoms with van der Waals surface area (Å²) in [6.07, 6.45) is 0.273. The number of rotatable bonds is 7. The molecule has 1 heterocycles. The Bertz CT molecular complexity index is 198. The second-order valence-electron chi connectivity index (χ2n) is 4.70. The van der Waals surface area contributed by atoms with Crippen LogP contribution >= 0.6 is 0 Å². The predicted octanol–water partition coefficient (Wildman–Crippen LogP) is -0.533. The van der Waals surface area contributed by atoms with Gasteiger partial charge in [-0.1, -0.05) is 0 Å². The molecule has 2 N–H and O–H groups in total. The van der Waals surface area contributed by atoms with Gasteiger partial charge in [0.25, 0.3) is 0 Å². The number of aliphatic hydroxyl groups is 2. The van der Waals surface area contributed by atoms with Gasteiger partial charge in [0, 0.05) is 26.7 Å². The quantitative estimate of drug-likeness (QED) is 0.579. The van der Waals surface area contributed by atoms with E-state index in [4.69, 9.17) is 9.47 Å². The number of hydrogen-bond donors (Lipinski definition) is 2. The lowest BCUT2D eigenvalue weighted by molar-refractivity contribution is -0.00213. The maximum atomic E-state index is 9.75. The molecular formula is C11H23NO4. The third kappa shape index (κ3) is 5.23. The fourth-order valence-corrected chi connectivity index (χ4v) is 1.91. The Hall–Kier alpha value is -0.200. The molecule has 16 heavy (non-hydrogen) atoms. The maximum absolute atomic E-state index is 9.75. The van der Waals surface area contributed by atoms with E-state index in [9.17, 15) is 10.2 Å². The highest BCUT2D eigenvalue weighted by atomic mass is 16.5. The van der Waals surface area contributed by atoms with Crippen molar-refractivity contribution in [3.8, 4) is 0 Å². The third-order valence-corrected chi connectivity index (χ3v) is 2.74. The van der Waals surface area contributed by atoms with Crippen LogP contribution in [0.1, 0.15) is 13.3 Å². The van der Waals surface area contributed by atoms with Gasteiger partial charge >= 0.3 is 0 Å². The van der Waals surface area contributed by atoms with Crippen molar-refractivity contribution in [1.82, 2.24) is 4.90 Å². The Morgan fingerprint density at radius 1 is 1.44 bits per heavy atom. The molecule has 1 aliphatic rings. The fourth-order valence-electron chi connectivity index (χ4n) is 1.91. The highest BCUT2D eigenvalue weighted by Gasteiger charge is 2.31. The Labute approximate surface area is 97.0 Å². The molecule has 1 fully saturated rings. The first-order valence-corrected chi connectivity index (χ1v) is 5.73. The molecule has 5 nitrogen and oxygen atoms in total. The van der Waals surface area contributed by atoms with Crippen LogP contribution in [0.15, 0.2) is 0 Å². The van der Waals surface area contributed by atoms with E-state index in [-0.39, 0.29) is 0 Å². The lowest BCUT2D eigenvalue weighted by atomic mass is 10.1. The highest BCUT2D eigenvalue weighted by Crippen LogP contribution is 2.19. The van der Waals surface area contributed by atoms with Crippen LogP contribution in [0.2, 0.25) is 0 Å². The zero-order chi connectivity index (χ0) is 12.0. The molecule has 0 aliphatic carbocycles. The SMILES string of the molecule is COCCOCC(O)CN1CCC(C)(O)C1. The normalized spacial score (nSPS) is 28.5. The number of nitrogens with zero attached hydrogens (tertiary/aromatic N) is 1. The molecular weight excluding hydrogens is 210 g/mol. The first-order valence-electron chi connectivity index (χ1n) is 5.73. The van der Waals surface area contributed by atoms with E-state index in [1.54, 1.807) is 7.11 Å². The molecule has 0 aromatic heterocycles. The summed E-state index contributed by atoms with van der Waals surface area (Å²) < 4.78 is 10.1. The predicted molar refractivity (Wildman–Crippen MR) is 60.4 cm³/mol. The third-order valence-electron chi connectivity index (χ3n) is 2.74. The molecule has 0 spiro atoms. The van der Waals surface area contributed by atoms with E-state index >= 15 is 0 Å². The van der Waals surface area contributed by atoms with Gasteiger partial charge in [-0.2, -0.15) is 0 Å². The van der Waals surface area contributed by atoms with Crippen molar-refractivity contribution >= 4 is 0 Å². The smallest absolute Gasteiger partial charge is 0.0900 e.